The van der Waals surface area contributed by atoms with Crippen molar-refractivity contribution in [3.63, 3.8) is 0 Å². The van der Waals surface area contributed by atoms with Crippen LogP contribution in [0.3, 0.4) is 0 Å². The van der Waals surface area contributed by atoms with Crippen LogP contribution < -0.4 is 45.4 Å². The largest absolute Gasteiger partial charge is 1.00 e. The second-order valence-corrected chi connectivity index (χ2v) is 20.5. The number of ether oxygens (including phenoxy) is 2. The fourth-order valence-corrected chi connectivity index (χ4v) is 10.1. The maximum atomic E-state index is 12.5. The van der Waals surface area contributed by atoms with Crippen LogP contribution in [0.5, 0.6) is 0 Å². The summed E-state index contributed by atoms with van der Waals surface area (Å²) in [4.78, 5) is 39.4. The SMILES string of the molecule is C1=CS[CH-]N1.C1CCOC1.CCOC(=O)c1cnc(Nc2ccc(C#N)cc2)nc1Nc1c(C)cc(/C=C/C#N)cc1C.Cc1cc(/C=C/C#N)cc(C)c1Nc1nc(Nc2ccc(C#N)cc2)ncc1C(O)(c1nccs1)c1nccs1.[Li+]. The van der Waals surface area contributed by atoms with Gasteiger partial charge in [0.1, 0.15) is 21.4 Å². The van der Waals surface area contributed by atoms with E-state index in [2.05, 4.69) is 63.6 Å². The van der Waals surface area contributed by atoms with Crippen LogP contribution in [0.25, 0.3) is 12.2 Å². The molecule has 6 N–H and O–H groups in total. The smallest absolute Gasteiger partial charge is 0.531 e. The first-order chi connectivity index (χ1) is 40.4. The van der Waals surface area contributed by atoms with Gasteiger partial charge in [0.25, 0.3) is 0 Å². The Bertz CT molecular complexity index is 3660. The number of thioether (sulfide) groups is 1. The third-order valence-electron chi connectivity index (χ3n) is 12.0. The van der Waals surface area contributed by atoms with Crippen molar-refractivity contribution in [2.24, 2.45) is 0 Å². The molecule has 0 aliphatic carbocycles. The van der Waals surface area contributed by atoms with Gasteiger partial charge in [-0.3, -0.25) is 0 Å². The van der Waals surface area contributed by atoms with E-state index in [0.29, 0.717) is 55.7 Å². The predicted molar refractivity (Wildman–Crippen MR) is 327 cm³/mol. The molecule has 8 aromatic rings. The number of nitriles is 4. The molecule has 1 fully saturated rings. The summed E-state index contributed by atoms with van der Waals surface area (Å²) in [6.07, 6.45) is 17.0. The molecule has 2 aliphatic heterocycles. The number of rotatable bonds is 15. The molecule has 0 unspecified atom stereocenters. The summed E-state index contributed by atoms with van der Waals surface area (Å²) < 4.78 is 10.1. The fraction of sp³-hybridized carbons (Fsp3) is 0.180. The van der Waals surface area contributed by atoms with Crippen molar-refractivity contribution in [2.75, 3.05) is 41.1 Å². The molecular formula is C61H56LiN15O4S3. The summed E-state index contributed by atoms with van der Waals surface area (Å²) in [6, 6.07) is 29.8. The number of hydrogen-bond donors (Lipinski definition) is 6. The second kappa shape index (κ2) is 32.5. The molecule has 2 aliphatic rings. The van der Waals surface area contributed by atoms with E-state index in [1.807, 2.05) is 81.6 Å². The molecule has 0 spiro atoms. The van der Waals surface area contributed by atoms with Crippen LogP contribution in [0.1, 0.15) is 90.2 Å². The zero-order valence-electron chi connectivity index (χ0n) is 46.8. The van der Waals surface area contributed by atoms with E-state index in [9.17, 15) is 9.90 Å². The molecule has 0 saturated carbocycles. The molecular weight excluding hydrogens is 1110 g/mol. The molecule has 0 atom stereocenters. The van der Waals surface area contributed by atoms with E-state index in [1.165, 1.54) is 53.9 Å². The zero-order chi connectivity index (χ0) is 59.0. The van der Waals surface area contributed by atoms with Crippen LogP contribution in [-0.2, 0) is 15.1 Å². The molecule has 84 heavy (non-hydrogen) atoms. The predicted octanol–water partition coefficient (Wildman–Crippen LogP) is 10.1. The Hall–Kier alpha value is -9.18. The van der Waals surface area contributed by atoms with Crippen molar-refractivity contribution in [1.82, 2.24) is 35.2 Å². The number of allylic oxidation sites excluding steroid dienone is 2. The number of hydrogen-bond acceptors (Lipinski definition) is 22. The average molecular weight is 1170 g/mol. The molecule has 0 radical (unpaired) electrons. The molecule has 23 heteroatoms. The van der Waals surface area contributed by atoms with E-state index in [4.69, 9.17) is 35.5 Å². The number of aliphatic hydroxyl groups is 1. The van der Waals surface area contributed by atoms with Crippen LogP contribution >= 0.6 is 34.4 Å². The number of thiazole rings is 2. The fourth-order valence-electron chi connectivity index (χ4n) is 8.13. The van der Waals surface area contributed by atoms with Gasteiger partial charge >= 0.3 is 24.8 Å². The number of carbonyl (C=O) groups excluding carboxylic acids is 1. The standard InChI is InChI=1S/C29H22N8OS2.C25H22N6O2.C4H8O.C3H4NS.Li/c1-18-14-21(4-3-9-30)15-19(2)24(18)36-25-23(29(38,26-32-10-12-39-26)27-33-11-13-40-27)17-34-28(37-25)35-22-7-5-20(16-31)6-8-22;1-4-33-24(32)21-15-28-25(29-20-9-7-18(14-27)8-10-20)31-23(21)30-22-16(2)12-19(6-5-11-26)13-17(22)3;1-2-4-5-3-1;1-2-5-3-4-1;/h3-8,10-15,17,38H,1-2H3,(H2,34,35,36,37);5-10,12-13,15H,4H2,1-3H3,(H2,28,29,30,31);1-4H2;1-4H;/q;;;-1;+1/b4-3+;6-5+;;;. The van der Waals surface area contributed by atoms with Gasteiger partial charge in [0, 0.05) is 83.7 Å². The minimum atomic E-state index is -1.70. The van der Waals surface area contributed by atoms with Gasteiger partial charge in [-0.05, 0) is 177 Å². The monoisotopic (exact) mass is 1170 g/mol. The second-order valence-electron chi connectivity index (χ2n) is 17.9. The summed E-state index contributed by atoms with van der Waals surface area (Å²) in [5.41, 5.74) is 8.45. The van der Waals surface area contributed by atoms with E-state index in [-0.39, 0.29) is 37.0 Å². The third-order valence-corrected chi connectivity index (χ3v) is 14.3. The first-order valence-electron chi connectivity index (χ1n) is 25.7. The van der Waals surface area contributed by atoms with E-state index < -0.39 is 11.6 Å². The number of aromatic nitrogens is 6. The van der Waals surface area contributed by atoms with Crippen molar-refractivity contribution in [1.29, 1.82) is 21.0 Å². The first-order valence-corrected chi connectivity index (χ1v) is 28.4. The van der Waals surface area contributed by atoms with Crippen molar-refractivity contribution in [3.05, 3.63) is 204 Å². The normalized spacial score (nSPS) is 12.0. The van der Waals surface area contributed by atoms with Crippen LogP contribution in [0.15, 0.2) is 132 Å². The molecule has 1 saturated heterocycles. The Kier molecular flexibility index (Phi) is 24.7. The Labute approximate surface area is 512 Å². The van der Waals surface area contributed by atoms with Gasteiger partial charge in [-0.25, -0.2) is 24.7 Å². The van der Waals surface area contributed by atoms with Gasteiger partial charge in [0.2, 0.25) is 11.9 Å². The van der Waals surface area contributed by atoms with Crippen LogP contribution in [0, 0.1) is 78.9 Å². The van der Waals surface area contributed by atoms with E-state index in [1.54, 1.807) is 109 Å². The van der Waals surface area contributed by atoms with Crippen LogP contribution in [0.4, 0.5) is 46.3 Å². The van der Waals surface area contributed by atoms with Gasteiger partial charge < -0.3 is 52.9 Å². The molecule has 6 heterocycles. The maximum absolute atomic E-state index is 12.5. The van der Waals surface area contributed by atoms with Gasteiger partial charge in [-0.15, -0.1) is 22.7 Å². The Balaban J connectivity index is 0.000000230. The molecule has 19 nitrogen and oxygen atoms in total. The Morgan fingerprint density at radius 2 is 1.19 bits per heavy atom. The Morgan fingerprint density at radius 1 is 0.714 bits per heavy atom. The van der Waals surface area contributed by atoms with Gasteiger partial charge in [-0.1, -0.05) is 0 Å². The number of aryl methyl sites for hydroxylation is 4. The third kappa shape index (κ3) is 17.7. The zero-order valence-corrected chi connectivity index (χ0v) is 49.3. The first kappa shape index (κ1) is 64.0. The molecule has 0 bridgehead atoms. The number of anilines is 8. The van der Waals surface area contributed by atoms with Gasteiger partial charge in [-0.2, -0.15) is 36.9 Å². The molecule has 0 amide bonds. The maximum Gasteiger partial charge on any atom is 1.00 e. The average Bonchev–Trinajstić information content (AvgIpc) is 4.22. The molecule has 4 aromatic heterocycles. The van der Waals surface area contributed by atoms with E-state index in [0.717, 1.165) is 58.0 Å². The summed E-state index contributed by atoms with van der Waals surface area (Å²) in [5.74, 6) is 2.62. The van der Waals surface area contributed by atoms with Gasteiger partial charge in [0.05, 0.1) is 47.6 Å². The Morgan fingerprint density at radius 3 is 1.57 bits per heavy atom. The van der Waals surface area contributed by atoms with Gasteiger partial charge in [0.15, 0.2) is 11.4 Å². The minimum absolute atomic E-state index is 0. The number of carbonyl (C=O) groups is 1. The summed E-state index contributed by atoms with van der Waals surface area (Å²) in [7, 11) is 0. The molecule has 418 valence electrons. The topological polar surface area (TPSA) is 288 Å². The van der Waals surface area contributed by atoms with Crippen molar-refractivity contribution < 1.29 is 38.2 Å². The quantitative estimate of drug-likeness (QED) is 0.0241. The van der Waals surface area contributed by atoms with Crippen molar-refractivity contribution in [3.8, 4) is 24.3 Å². The number of benzene rings is 4. The number of nitrogens with zero attached hydrogens (tertiary/aromatic N) is 10. The minimum Gasteiger partial charge on any atom is -0.531 e. The summed E-state index contributed by atoms with van der Waals surface area (Å²) in [6.45, 7) is 11.7. The number of nitrogens with one attached hydrogen (secondary N) is 5. The molecule has 10 rings (SSSR count). The molecule has 4 aromatic carbocycles. The number of esters is 1. The summed E-state index contributed by atoms with van der Waals surface area (Å²) >= 11 is 4.28. The van der Waals surface area contributed by atoms with Crippen molar-refractivity contribution in [2.45, 2.75) is 53.1 Å². The van der Waals surface area contributed by atoms with Crippen LogP contribution in [-0.4, -0.2) is 60.8 Å². The van der Waals surface area contributed by atoms with E-state index >= 15 is 0 Å². The van der Waals surface area contributed by atoms with Crippen molar-refractivity contribution >= 4 is 98.8 Å². The van der Waals surface area contributed by atoms with Crippen LogP contribution in [0.2, 0.25) is 0 Å². The summed E-state index contributed by atoms with van der Waals surface area (Å²) in [5, 5.41) is 70.3.